The molecule has 2 rings (SSSR count). The lowest BCUT2D eigenvalue weighted by atomic mass is 10.1. The molecule has 1 aromatic carbocycles. The highest BCUT2D eigenvalue weighted by Gasteiger charge is 2.22. The predicted molar refractivity (Wildman–Crippen MR) is 85.8 cm³/mol. The van der Waals surface area contributed by atoms with Gasteiger partial charge in [-0.1, -0.05) is 30.3 Å². The fourth-order valence-electron chi connectivity index (χ4n) is 2.09. The van der Waals surface area contributed by atoms with Gasteiger partial charge in [0.15, 0.2) is 0 Å². The van der Waals surface area contributed by atoms with Crippen molar-refractivity contribution in [3.8, 4) is 0 Å². The van der Waals surface area contributed by atoms with Crippen molar-refractivity contribution in [1.29, 1.82) is 0 Å². The van der Waals surface area contributed by atoms with Gasteiger partial charge in [0, 0.05) is 13.3 Å². The Balaban J connectivity index is 1.92. The molecule has 0 radical (unpaired) electrons. The maximum atomic E-state index is 12.3. The van der Waals surface area contributed by atoms with Gasteiger partial charge in [-0.05, 0) is 27.6 Å². The zero-order valence-electron chi connectivity index (χ0n) is 12.1. The minimum Gasteiger partial charge on any atom is -0.351 e. The van der Waals surface area contributed by atoms with Crippen molar-refractivity contribution in [2.75, 3.05) is 6.54 Å². The number of benzene rings is 1. The van der Waals surface area contributed by atoms with Crippen molar-refractivity contribution < 1.29 is 14.4 Å². The first-order valence-electron chi connectivity index (χ1n) is 6.92. The molecule has 1 heterocycles. The molecule has 1 aliphatic heterocycles. The Hall–Kier alpha value is -1.86. The van der Waals surface area contributed by atoms with Gasteiger partial charge in [0.1, 0.15) is 16.8 Å². The number of rotatable bonds is 6. The summed E-state index contributed by atoms with van der Waals surface area (Å²) in [6.07, 6.45) is 2.01. The van der Waals surface area contributed by atoms with E-state index < -0.39 is 6.04 Å². The molecule has 0 fully saturated rings. The summed E-state index contributed by atoms with van der Waals surface area (Å²) in [5.74, 6) is -0.475. The van der Waals surface area contributed by atoms with Crippen LogP contribution in [0.3, 0.4) is 0 Å². The van der Waals surface area contributed by atoms with E-state index in [2.05, 4.69) is 32.0 Å². The van der Waals surface area contributed by atoms with Crippen molar-refractivity contribution >= 4 is 27.7 Å². The van der Waals surface area contributed by atoms with E-state index in [-0.39, 0.29) is 17.9 Å². The SMILES string of the molecule is CC(=O)N[C@@H](Cc1ccccc1)C(=O)NCC1C=C(Br)NO1. The molecule has 3 N–H and O–H groups in total. The van der Waals surface area contributed by atoms with Gasteiger partial charge >= 0.3 is 0 Å². The van der Waals surface area contributed by atoms with Crippen LogP contribution in [0.25, 0.3) is 0 Å². The monoisotopic (exact) mass is 367 g/mol. The Morgan fingerprint density at radius 1 is 1.36 bits per heavy atom. The molecule has 22 heavy (non-hydrogen) atoms. The van der Waals surface area contributed by atoms with E-state index in [1.807, 2.05) is 36.4 Å². The standard InChI is InChI=1S/C15H18BrN3O3/c1-10(20)18-13(7-11-5-3-2-4-6-11)15(21)17-9-12-8-14(16)19-22-12/h2-6,8,12-13,19H,7,9H2,1H3,(H,17,21)(H,18,20)/t12?,13-/m0/s1. The summed E-state index contributed by atoms with van der Waals surface area (Å²) in [7, 11) is 0. The van der Waals surface area contributed by atoms with Crippen LogP contribution in [0.2, 0.25) is 0 Å². The average Bonchev–Trinajstić information content (AvgIpc) is 2.90. The van der Waals surface area contributed by atoms with Gasteiger partial charge < -0.3 is 10.6 Å². The molecule has 2 atom stereocenters. The van der Waals surface area contributed by atoms with E-state index in [4.69, 9.17) is 4.84 Å². The van der Waals surface area contributed by atoms with Crippen molar-refractivity contribution in [3.05, 3.63) is 46.6 Å². The Labute approximate surface area is 137 Å². The largest absolute Gasteiger partial charge is 0.351 e. The van der Waals surface area contributed by atoms with Gasteiger partial charge in [0.25, 0.3) is 0 Å². The summed E-state index contributed by atoms with van der Waals surface area (Å²) in [4.78, 5) is 28.8. The molecule has 7 heteroatoms. The van der Waals surface area contributed by atoms with Gasteiger partial charge in [-0.25, -0.2) is 0 Å². The van der Waals surface area contributed by atoms with Gasteiger partial charge in [0.2, 0.25) is 11.8 Å². The number of carbonyl (C=O) groups excluding carboxylic acids is 2. The summed E-state index contributed by atoms with van der Waals surface area (Å²) in [5, 5.41) is 5.47. The highest BCUT2D eigenvalue weighted by molar-refractivity contribution is 9.11. The second-order valence-corrected chi connectivity index (χ2v) is 5.82. The molecule has 1 unspecified atom stereocenters. The van der Waals surface area contributed by atoms with Gasteiger partial charge in [-0.2, -0.15) is 0 Å². The Kier molecular flexibility index (Phi) is 5.97. The van der Waals surface area contributed by atoms with Gasteiger partial charge in [-0.3, -0.25) is 19.9 Å². The number of hydrogen-bond acceptors (Lipinski definition) is 4. The van der Waals surface area contributed by atoms with Crippen molar-refractivity contribution in [2.45, 2.75) is 25.5 Å². The van der Waals surface area contributed by atoms with Gasteiger partial charge in [-0.15, -0.1) is 0 Å². The minimum atomic E-state index is -0.610. The third-order valence-corrected chi connectivity index (χ3v) is 3.52. The third-order valence-electron chi connectivity index (χ3n) is 3.09. The van der Waals surface area contributed by atoms with Crippen LogP contribution < -0.4 is 16.1 Å². The number of halogens is 1. The van der Waals surface area contributed by atoms with E-state index in [1.54, 1.807) is 0 Å². The van der Waals surface area contributed by atoms with E-state index in [0.717, 1.165) is 10.2 Å². The molecule has 6 nitrogen and oxygen atoms in total. The molecule has 0 bridgehead atoms. The molecule has 1 aromatic rings. The normalized spacial score (nSPS) is 18.1. The molecule has 1 aliphatic rings. The molecule has 0 aromatic heterocycles. The molecule has 118 valence electrons. The van der Waals surface area contributed by atoms with Crippen LogP contribution in [-0.4, -0.2) is 30.5 Å². The summed E-state index contributed by atoms with van der Waals surface area (Å²) >= 11 is 3.25. The molecular weight excluding hydrogens is 350 g/mol. The maximum absolute atomic E-state index is 12.3. The summed E-state index contributed by atoms with van der Waals surface area (Å²) in [6, 6.07) is 8.95. The average molecular weight is 368 g/mol. The summed E-state index contributed by atoms with van der Waals surface area (Å²) in [6.45, 7) is 1.72. The van der Waals surface area contributed by atoms with Crippen molar-refractivity contribution in [2.24, 2.45) is 0 Å². The molecule has 0 aliphatic carbocycles. The van der Waals surface area contributed by atoms with E-state index >= 15 is 0 Å². The zero-order chi connectivity index (χ0) is 15.9. The quantitative estimate of drug-likeness (QED) is 0.655. The number of hydrogen-bond donors (Lipinski definition) is 3. The van der Waals surface area contributed by atoms with E-state index in [1.165, 1.54) is 6.92 Å². The van der Waals surface area contributed by atoms with E-state index in [9.17, 15) is 9.59 Å². The fraction of sp³-hybridized carbons (Fsp3) is 0.333. The highest BCUT2D eigenvalue weighted by Crippen LogP contribution is 2.11. The lowest BCUT2D eigenvalue weighted by Gasteiger charge is -2.18. The molecule has 0 saturated carbocycles. The lowest BCUT2D eigenvalue weighted by molar-refractivity contribution is -0.128. The molecular formula is C15H18BrN3O3. The van der Waals surface area contributed by atoms with Gasteiger partial charge in [0.05, 0.1) is 6.54 Å². The summed E-state index contributed by atoms with van der Waals surface area (Å²) in [5.41, 5.74) is 3.64. The highest BCUT2D eigenvalue weighted by atomic mass is 79.9. The summed E-state index contributed by atoms with van der Waals surface area (Å²) < 4.78 is 0.731. The Bertz CT molecular complexity index is 562. The first kappa shape index (κ1) is 16.5. The van der Waals surface area contributed by atoms with Crippen LogP contribution in [0.1, 0.15) is 12.5 Å². The maximum Gasteiger partial charge on any atom is 0.243 e. The zero-order valence-corrected chi connectivity index (χ0v) is 13.7. The first-order chi connectivity index (χ1) is 10.5. The van der Waals surface area contributed by atoms with Crippen LogP contribution >= 0.6 is 15.9 Å². The van der Waals surface area contributed by atoms with Crippen LogP contribution in [0, 0.1) is 0 Å². The second-order valence-electron chi connectivity index (χ2n) is 4.96. The topological polar surface area (TPSA) is 79.5 Å². The Morgan fingerprint density at radius 3 is 2.68 bits per heavy atom. The Morgan fingerprint density at radius 2 is 2.09 bits per heavy atom. The minimum absolute atomic E-state index is 0.237. The number of hydroxylamine groups is 1. The van der Waals surface area contributed by atoms with Crippen LogP contribution in [0.5, 0.6) is 0 Å². The van der Waals surface area contributed by atoms with E-state index in [0.29, 0.717) is 13.0 Å². The third kappa shape index (κ3) is 5.16. The smallest absolute Gasteiger partial charge is 0.243 e. The molecule has 2 amide bonds. The molecule has 0 spiro atoms. The second kappa shape index (κ2) is 7.95. The van der Waals surface area contributed by atoms with Crippen LogP contribution in [0.15, 0.2) is 41.0 Å². The molecule has 0 saturated heterocycles. The lowest BCUT2D eigenvalue weighted by Crippen LogP contribution is -2.48. The van der Waals surface area contributed by atoms with Crippen LogP contribution in [0.4, 0.5) is 0 Å². The number of amides is 2. The van der Waals surface area contributed by atoms with Crippen LogP contribution in [-0.2, 0) is 20.8 Å². The predicted octanol–water partition coefficient (Wildman–Crippen LogP) is 0.990. The van der Waals surface area contributed by atoms with Crippen molar-refractivity contribution in [1.82, 2.24) is 16.1 Å². The number of nitrogens with one attached hydrogen (secondary N) is 3. The fourth-order valence-corrected chi connectivity index (χ4v) is 2.48. The first-order valence-corrected chi connectivity index (χ1v) is 7.71. The number of carbonyl (C=O) groups is 2. The van der Waals surface area contributed by atoms with Crippen molar-refractivity contribution in [3.63, 3.8) is 0 Å².